The molecule has 0 saturated heterocycles. The van der Waals surface area contributed by atoms with Crippen molar-refractivity contribution in [1.82, 2.24) is 9.88 Å². The van der Waals surface area contributed by atoms with Crippen LogP contribution in [0.4, 0.5) is 5.82 Å². The molecule has 1 aliphatic rings. The second kappa shape index (κ2) is 4.94. The maximum Gasteiger partial charge on any atom is 0.248 e. The van der Waals surface area contributed by atoms with E-state index in [-0.39, 0.29) is 12.5 Å². The fourth-order valence-corrected chi connectivity index (χ4v) is 1.75. The molecule has 16 heavy (non-hydrogen) atoms. The first kappa shape index (κ1) is 10.9. The van der Waals surface area contributed by atoms with Crippen LogP contribution in [-0.2, 0) is 16.1 Å². The number of aromatic nitrogens is 1. The Hall–Kier alpha value is -1.62. The Bertz CT molecular complexity index is 381. The summed E-state index contributed by atoms with van der Waals surface area (Å²) in [5, 5.41) is 3.21. The van der Waals surface area contributed by atoms with Crippen molar-refractivity contribution in [2.75, 3.05) is 32.1 Å². The zero-order valence-corrected chi connectivity index (χ0v) is 9.27. The van der Waals surface area contributed by atoms with E-state index in [9.17, 15) is 4.79 Å². The number of nitrogens with zero attached hydrogens (tertiary/aromatic N) is 2. The van der Waals surface area contributed by atoms with Crippen molar-refractivity contribution in [2.45, 2.75) is 6.54 Å². The monoisotopic (exact) mass is 221 g/mol. The molecule has 0 saturated carbocycles. The average molecular weight is 221 g/mol. The van der Waals surface area contributed by atoms with Gasteiger partial charge in [0.2, 0.25) is 5.91 Å². The molecule has 0 atom stereocenters. The number of hydrogen-bond acceptors (Lipinski definition) is 4. The quantitative estimate of drug-likeness (QED) is 0.789. The maximum atomic E-state index is 11.7. The lowest BCUT2D eigenvalue weighted by atomic mass is 10.2. The zero-order valence-electron chi connectivity index (χ0n) is 9.27. The van der Waals surface area contributed by atoms with Crippen LogP contribution in [0.3, 0.4) is 0 Å². The summed E-state index contributed by atoms with van der Waals surface area (Å²) in [7, 11) is 1.53. The number of carbonyl (C=O) groups excluding carboxylic acids is 1. The molecule has 0 aromatic carbocycles. The summed E-state index contributed by atoms with van der Waals surface area (Å²) in [6.45, 7) is 2.13. The third kappa shape index (κ3) is 2.30. The van der Waals surface area contributed by atoms with E-state index < -0.39 is 0 Å². The molecule has 2 rings (SSSR count). The number of fused-ring (bicyclic) bond motifs is 1. The van der Waals surface area contributed by atoms with Crippen molar-refractivity contribution >= 4 is 11.7 Å². The number of carbonyl (C=O) groups is 1. The van der Waals surface area contributed by atoms with E-state index in [1.165, 1.54) is 7.11 Å². The zero-order chi connectivity index (χ0) is 11.4. The smallest absolute Gasteiger partial charge is 0.248 e. The van der Waals surface area contributed by atoms with Gasteiger partial charge in [-0.05, 0) is 6.07 Å². The van der Waals surface area contributed by atoms with Gasteiger partial charge in [-0.25, -0.2) is 4.98 Å². The summed E-state index contributed by atoms with van der Waals surface area (Å²) in [6, 6.07) is 3.86. The third-order valence-electron chi connectivity index (χ3n) is 2.55. The van der Waals surface area contributed by atoms with E-state index in [1.54, 1.807) is 11.1 Å². The van der Waals surface area contributed by atoms with Crippen molar-refractivity contribution < 1.29 is 9.53 Å². The summed E-state index contributed by atoms with van der Waals surface area (Å²) in [5.74, 6) is 0.885. The van der Waals surface area contributed by atoms with E-state index >= 15 is 0 Å². The molecule has 0 fully saturated rings. The molecule has 0 unspecified atom stereocenters. The molecule has 1 N–H and O–H groups in total. The van der Waals surface area contributed by atoms with Gasteiger partial charge in [0.25, 0.3) is 0 Å². The van der Waals surface area contributed by atoms with Gasteiger partial charge in [0.05, 0.1) is 0 Å². The number of hydrogen-bond donors (Lipinski definition) is 1. The summed E-state index contributed by atoms with van der Waals surface area (Å²) in [6.07, 6.45) is 1.75. The molecule has 0 radical (unpaired) electrons. The Kier molecular flexibility index (Phi) is 3.36. The Labute approximate surface area is 94.4 Å². The lowest BCUT2D eigenvalue weighted by Crippen LogP contribution is -2.35. The van der Waals surface area contributed by atoms with Crippen LogP contribution < -0.4 is 5.32 Å². The van der Waals surface area contributed by atoms with Crippen LogP contribution in [0.1, 0.15) is 5.56 Å². The first-order chi connectivity index (χ1) is 7.81. The van der Waals surface area contributed by atoms with Crippen LogP contribution in [-0.4, -0.2) is 42.6 Å². The fourth-order valence-electron chi connectivity index (χ4n) is 1.75. The Morgan fingerprint density at radius 2 is 2.56 bits per heavy atom. The number of ether oxygens (including phenoxy) is 1. The summed E-state index contributed by atoms with van der Waals surface area (Å²) in [5.41, 5.74) is 1.05. The standard InChI is InChI=1S/C11H15N3O2/c1-16-8-10(15)14-6-5-13-11-9(7-14)3-2-4-12-11/h2-4H,5-8H2,1H3,(H,12,13). The largest absolute Gasteiger partial charge is 0.375 e. The van der Waals surface area contributed by atoms with E-state index in [0.29, 0.717) is 13.1 Å². The van der Waals surface area contributed by atoms with E-state index in [4.69, 9.17) is 4.74 Å². The van der Waals surface area contributed by atoms with Crippen LogP contribution in [0.5, 0.6) is 0 Å². The van der Waals surface area contributed by atoms with Gasteiger partial charge in [0, 0.05) is 38.5 Å². The first-order valence-corrected chi connectivity index (χ1v) is 5.25. The lowest BCUT2D eigenvalue weighted by Gasteiger charge is -2.19. The van der Waals surface area contributed by atoms with Gasteiger partial charge < -0.3 is 15.0 Å². The van der Waals surface area contributed by atoms with Gasteiger partial charge in [-0.15, -0.1) is 0 Å². The average Bonchev–Trinajstić information content (AvgIpc) is 2.51. The minimum absolute atomic E-state index is 0.0148. The predicted octanol–water partition coefficient (Wildman–Crippen LogP) is 0.482. The van der Waals surface area contributed by atoms with Gasteiger partial charge in [0.15, 0.2) is 0 Å². The molecule has 86 valence electrons. The predicted molar refractivity (Wildman–Crippen MR) is 60.0 cm³/mol. The summed E-state index contributed by atoms with van der Waals surface area (Å²) < 4.78 is 4.86. The van der Waals surface area contributed by atoms with Crippen molar-refractivity contribution in [3.8, 4) is 0 Å². The number of methoxy groups -OCH3 is 1. The minimum atomic E-state index is 0.0148. The van der Waals surface area contributed by atoms with Crippen LogP contribution in [0.2, 0.25) is 0 Å². The maximum absolute atomic E-state index is 11.7. The van der Waals surface area contributed by atoms with Gasteiger partial charge in [-0.2, -0.15) is 0 Å². The number of anilines is 1. The fraction of sp³-hybridized carbons (Fsp3) is 0.455. The van der Waals surface area contributed by atoms with Crippen LogP contribution in [0.25, 0.3) is 0 Å². The molecule has 5 nitrogen and oxygen atoms in total. The Morgan fingerprint density at radius 3 is 3.38 bits per heavy atom. The number of rotatable bonds is 2. The first-order valence-electron chi connectivity index (χ1n) is 5.25. The molecule has 0 aliphatic carbocycles. The highest BCUT2D eigenvalue weighted by Gasteiger charge is 2.18. The van der Waals surface area contributed by atoms with Crippen LogP contribution in [0.15, 0.2) is 18.3 Å². The van der Waals surface area contributed by atoms with Crippen molar-refractivity contribution in [3.05, 3.63) is 23.9 Å². The molecular formula is C11H15N3O2. The normalized spacial score (nSPS) is 14.9. The van der Waals surface area contributed by atoms with Crippen LogP contribution >= 0.6 is 0 Å². The minimum Gasteiger partial charge on any atom is -0.375 e. The molecule has 5 heteroatoms. The van der Waals surface area contributed by atoms with E-state index in [0.717, 1.165) is 17.9 Å². The van der Waals surface area contributed by atoms with Crippen molar-refractivity contribution in [1.29, 1.82) is 0 Å². The van der Waals surface area contributed by atoms with Gasteiger partial charge in [-0.1, -0.05) is 6.07 Å². The van der Waals surface area contributed by atoms with Gasteiger partial charge >= 0.3 is 0 Å². The molecule has 2 heterocycles. The Morgan fingerprint density at radius 1 is 1.69 bits per heavy atom. The highest BCUT2D eigenvalue weighted by Crippen LogP contribution is 2.16. The Balaban J connectivity index is 2.13. The molecular weight excluding hydrogens is 206 g/mol. The topological polar surface area (TPSA) is 54.5 Å². The molecule has 1 aliphatic heterocycles. The van der Waals surface area contributed by atoms with Crippen LogP contribution in [0, 0.1) is 0 Å². The SMILES string of the molecule is COCC(=O)N1CCNc2ncccc2C1. The second-order valence-electron chi connectivity index (χ2n) is 3.69. The highest BCUT2D eigenvalue weighted by molar-refractivity contribution is 5.77. The summed E-state index contributed by atoms with van der Waals surface area (Å²) in [4.78, 5) is 17.7. The number of amides is 1. The van der Waals surface area contributed by atoms with Gasteiger partial charge in [0.1, 0.15) is 12.4 Å². The molecule has 1 aromatic rings. The number of nitrogens with one attached hydrogen (secondary N) is 1. The van der Waals surface area contributed by atoms with Crippen molar-refractivity contribution in [2.24, 2.45) is 0 Å². The molecule has 1 aromatic heterocycles. The molecule has 0 bridgehead atoms. The van der Waals surface area contributed by atoms with Gasteiger partial charge in [-0.3, -0.25) is 4.79 Å². The van der Waals surface area contributed by atoms with Crippen molar-refractivity contribution in [3.63, 3.8) is 0 Å². The molecule has 0 spiro atoms. The lowest BCUT2D eigenvalue weighted by molar-refractivity contribution is -0.135. The number of pyridine rings is 1. The van der Waals surface area contributed by atoms with E-state index in [2.05, 4.69) is 10.3 Å². The highest BCUT2D eigenvalue weighted by atomic mass is 16.5. The molecule has 1 amide bonds. The second-order valence-corrected chi connectivity index (χ2v) is 3.69. The summed E-state index contributed by atoms with van der Waals surface area (Å²) >= 11 is 0. The third-order valence-corrected chi connectivity index (χ3v) is 2.55. The van der Waals surface area contributed by atoms with E-state index in [1.807, 2.05) is 12.1 Å².